The molecule has 0 unspecified atom stereocenters. The van der Waals surface area contributed by atoms with E-state index in [1.807, 2.05) is 39.5 Å². The summed E-state index contributed by atoms with van der Waals surface area (Å²) in [6.45, 7) is 10.3. The molecule has 0 atom stereocenters. The van der Waals surface area contributed by atoms with E-state index in [0.29, 0.717) is 13.1 Å². The molecular weight excluding hydrogens is 300 g/mol. The van der Waals surface area contributed by atoms with Crippen molar-refractivity contribution in [2.24, 2.45) is 4.99 Å². The molecule has 0 aliphatic heterocycles. The summed E-state index contributed by atoms with van der Waals surface area (Å²) in [6, 6.07) is 0. The summed E-state index contributed by atoms with van der Waals surface area (Å²) in [6.07, 6.45) is 4.00. The lowest BCUT2D eigenvalue weighted by molar-refractivity contribution is 0.0529. The van der Waals surface area contributed by atoms with Gasteiger partial charge in [-0.3, -0.25) is 4.99 Å². The lowest BCUT2D eigenvalue weighted by Crippen LogP contribution is -2.42. The fraction of sp³-hybridized carbons (Fsp3) is 0.867. The van der Waals surface area contributed by atoms with Gasteiger partial charge in [0, 0.05) is 26.2 Å². The number of carbonyl (C=O) groups excluding carboxylic acids is 1. The predicted molar refractivity (Wildman–Crippen MR) is 95.8 cm³/mol. The molecule has 0 aliphatic carbocycles. The molecule has 7 heteroatoms. The number of aliphatic imine (C=N–C) groups is 1. The van der Waals surface area contributed by atoms with Crippen LogP contribution in [0.5, 0.6) is 0 Å². The van der Waals surface area contributed by atoms with E-state index >= 15 is 0 Å². The van der Waals surface area contributed by atoms with Gasteiger partial charge in [0.05, 0.1) is 0 Å². The zero-order chi connectivity index (χ0) is 16.8. The SMILES string of the molecule is CCNC(=NCCCCSC)NCCNC(=O)OC(C)(C)C. The Morgan fingerprint density at radius 1 is 1.14 bits per heavy atom. The molecule has 0 aromatic heterocycles. The highest BCUT2D eigenvalue weighted by Crippen LogP contribution is 2.05. The zero-order valence-corrected chi connectivity index (χ0v) is 15.4. The van der Waals surface area contributed by atoms with E-state index in [1.54, 1.807) is 0 Å². The van der Waals surface area contributed by atoms with Gasteiger partial charge in [-0.05, 0) is 52.5 Å². The maximum absolute atomic E-state index is 11.5. The van der Waals surface area contributed by atoms with E-state index in [4.69, 9.17) is 4.74 Å². The Bertz CT molecular complexity index is 330. The topological polar surface area (TPSA) is 74.8 Å². The minimum absolute atomic E-state index is 0.395. The van der Waals surface area contributed by atoms with Crippen LogP contribution in [0.4, 0.5) is 4.79 Å². The largest absolute Gasteiger partial charge is 0.444 e. The maximum atomic E-state index is 11.5. The van der Waals surface area contributed by atoms with Gasteiger partial charge in [-0.1, -0.05) is 0 Å². The van der Waals surface area contributed by atoms with Gasteiger partial charge in [-0.2, -0.15) is 11.8 Å². The van der Waals surface area contributed by atoms with Crippen LogP contribution in [0.2, 0.25) is 0 Å². The first-order chi connectivity index (χ1) is 10.4. The lowest BCUT2D eigenvalue weighted by Gasteiger charge is -2.19. The van der Waals surface area contributed by atoms with E-state index in [0.717, 1.165) is 25.5 Å². The highest BCUT2D eigenvalue weighted by molar-refractivity contribution is 7.98. The van der Waals surface area contributed by atoms with E-state index < -0.39 is 11.7 Å². The number of hydrogen-bond acceptors (Lipinski definition) is 4. The lowest BCUT2D eigenvalue weighted by atomic mass is 10.2. The molecule has 0 aromatic rings. The first-order valence-electron chi connectivity index (χ1n) is 7.87. The van der Waals surface area contributed by atoms with Crippen molar-refractivity contribution in [2.45, 2.75) is 46.1 Å². The summed E-state index contributed by atoms with van der Waals surface area (Å²) < 4.78 is 5.17. The second-order valence-electron chi connectivity index (χ2n) is 5.82. The van der Waals surface area contributed by atoms with Crippen molar-refractivity contribution in [1.82, 2.24) is 16.0 Å². The van der Waals surface area contributed by atoms with Gasteiger partial charge in [-0.25, -0.2) is 4.79 Å². The third-order valence-electron chi connectivity index (χ3n) is 2.46. The second-order valence-corrected chi connectivity index (χ2v) is 6.80. The average molecular weight is 333 g/mol. The van der Waals surface area contributed by atoms with Gasteiger partial charge < -0.3 is 20.7 Å². The smallest absolute Gasteiger partial charge is 0.407 e. The summed E-state index contributed by atoms with van der Waals surface area (Å²) in [4.78, 5) is 16.0. The Kier molecular flexibility index (Phi) is 11.8. The van der Waals surface area contributed by atoms with Crippen LogP contribution in [0.1, 0.15) is 40.5 Å². The zero-order valence-electron chi connectivity index (χ0n) is 14.6. The highest BCUT2D eigenvalue weighted by atomic mass is 32.2. The van der Waals surface area contributed by atoms with E-state index in [9.17, 15) is 4.79 Å². The van der Waals surface area contributed by atoms with Crippen molar-refractivity contribution in [2.75, 3.05) is 38.2 Å². The Hall–Kier alpha value is -1.11. The summed E-state index contributed by atoms with van der Waals surface area (Å²) in [5.74, 6) is 1.97. The van der Waals surface area contributed by atoms with Gasteiger partial charge >= 0.3 is 6.09 Å². The summed E-state index contributed by atoms with van der Waals surface area (Å²) in [5.41, 5.74) is -0.468. The Morgan fingerprint density at radius 2 is 1.82 bits per heavy atom. The molecule has 130 valence electrons. The molecule has 0 fully saturated rings. The molecule has 0 rings (SSSR count). The normalized spacial score (nSPS) is 12.0. The minimum Gasteiger partial charge on any atom is -0.444 e. The van der Waals surface area contributed by atoms with Crippen molar-refractivity contribution >= 4 is 23.8 Å². The Morgan fingerprint density at radius 3 is 2.41 bits per heavy atom. The third kappa shape index (κ3) is 13.9. The number of nitrogens with one attached hydrogen (secondary N) is 3. The van der Waals surface area contributed by atoms with Crippen LogP contribution < -0.4 is 16.0 Å². The molecule has 0 heterocycles. The fourth-order valence-corrected chi connectivity index (χ4v) is 2.04. The molecule has 0 saturated heterocycles. The summed E-state index contributed by atoms with van der Waals surface area (Å²) in [7, 11) is 0. The number of thioether (sulfide) groups is 1. The van der Waals surface area contributed by atoms with Crippen LogP contribution in [0, 0.1) is 0 Å². The molecule has 3 N–H and O–H groups in total. The van der Waals surface area contributed by atoms with Gasteiger partial charge in [0.2, 0.25) is 0 Å². The number of nitrogens with zero attached hydrogens (tertiary/aromatic N) is 1. The Balaban J connectivity index is 3.89. The number of guanidine groups is 1. The quantitative estimate of drug-likeness (QED) is 0.343. The van der Waals surface area contributed by atoms with Crippen LogP contribution in [-0.2, 0) is 4.74 Å². The predicted octanol–water partition coefficient (Wildman–Crippen LogP) is 2.21. The number of hydrogen-bond donors (Lipinski definition) is 3. The van der Waals surface area contributed by atoms with Crippen molar-refractivity contribution in [3.63, 3.8) is 0 Å². The maximum Gasteiger partial charge on any atom is 0.407 e. The molecular formula is C15H32N4O2S. The van der Waals surface area contributed by atoms with E-state index in [1.165, 1.54) is 12.2 Å². The van der Waals surface area contributed by atoms with Crippen LogP contribution in [0.15, 0.2) is 4.99 Å². The number of alkyl carbamates (subject to hydrolysis) is 1. The van der Waals surface area contributed by atoms with Crippen molar-refractivity contribution in [3.05, 3.63) is 0 Å². The molecule has 0 aliphatic rings. The van der Waals surface area contributed by atoms with Crippen LogP contribution in [0.25, 0.3) is 0 Å². The van der Waals surface area contributed by atoms with Gasteiger partial charge in [0.1, 0.15) is 5.60 Å². The molecule has 0 radical (unpaired) electrons. The molecule has 0 spiro atoms. The van der Waals surface area contributed by atoms with Crippen LogP contribution >= 0.6 is 11.8 Å². The second kappa shape index (κ2) is 12.4. The van der Waals surface area contributed by atoms with Crippen LogP contribution in [0.3, 0.4) is 0 Å². The van der Waals surface area contributed by atoms with Crippen molar-refractivity contribution in [1.29, 1.82) is 0 Å². The molecule has 6 nitrogen and oxygen atoms in total. The first-order valence-corrected chi connectivity index (χ1v) is 9.26. The third-order valence-corrected chi connectivity index (χ3v) is 3.15. The number of unbranched alkanes of at least 4 members (excludes halogenated alkanes) is 1. The van der Waals surface area contributed by atoms with E-state index in [2.05, 4.69) is 27.2 Å². The molecule has 22 heavy (non-hydrogen) atoms. The molecule has 0 saturated carbocycles. The number of ether oxygens (including phenoxy) is 1. The average Bonchev–Trinajstić information content (AvgIpc) is 2.41. The molecule has 1 amide bonds. The standard InChI is InChI=1S/C15H32N4O2S/c1-6-16-13(17-9-7-8-12-22-5)18-10-11-19-14(20)21-15(2,3)4/h6-12H2,1-5H3,(H,19,20)(H2,16,17,18). The monoisotopic (exact) mass is 332 g/mol. The minimum atomic E-state index is -0.468. The molecule has 0 bridgehead atoms. The summed E-state index contributed by atoms with van der Waals surface area (Å²) >= 11 is 1.86. The number of carbonyl (C=O) groups is 1. The Labute approximate surface area is 139 Å². The van der Waals surface area contributed by atoms with Crippen molar-refractivity contribution < 1.29 is 9.53 Å². The number of rotatable bonds is 9. The highest BCUT2D eigenvalue weighted by Gasteiger charge is 2.15. The van der Waals surface area contributed by atoms with E-state index in [-0.39, 0.29) is 0 Å². The van der Waals surface area contributed by atoms with Gasteiger partial charge in [-0.15, -0.1) is 0 Å². The summed E-state index contributed by atoms with van der Waals surface area (Å²) in [5, 5.41) is 9.09. The fourth-order valence-electron chi connectivity index (χ4n) is 1.55. The molecule has 0 aromatic carbocycles. The van der Waals surface area contributed by atoms with Gasteiger partial charge in [0.15, 0.2) is 5.96 Å². The first kappa shape index (κ1) is 20.9. The van der Waals surface area contributed by atoms with Gasteiger partial charge in [0.25, 0.3) is 0 Å². The number of amides is 1. The van der Waals surface area contributed by atoms with Crippen LogP contribution in [-0.4, -0.2) is 55.8 Å². The van der Waals surface area contributed by atoms with Crippen molar-refractivity contribution in [3.8, 4) is 0 Å².